The van der Waals surface area contributed by atoms with Crippen LogP contribution in [-0.4, -0.2) is 36.6 Å². The third-order valence-electron chi connectivity index (χ3n) is 3.03. The van der Waals surface area contributed by atoms with Gasteiger partial charge in [0, 0.05) is 0 Å². The number of rotatable bonds is 7. The molecule has 1 atom stereocenters. The van der Waals surface area contributed by atoms with Crippen LogP contribution in [0.1, 0.15) is 34.8 Å². The second-order valence-corrected chi connectivity index (χ2v) is 4.74. The molecule has 0 spiro atoms. The second-order valence-electron chi connectivity index (χ2n) is 4.74. The van der Waals surface area contributed by atoms with E-state index >= 15 is 0 Å². The first-order valence-electron chi connectivity index (χ1n) is 6.55. The fourth-order valence-corrected chi connectivity index (χ4v) is 2.27. The molecule has 5 nitrogen and oxygen atoms in total. The Hall–Kier alpha value is -1.88. The van der Waals surface area contributed by atoms with Crippen LogP contribution >= 0.6 is 0 Å². The van der Waals surface area contributed by atoms with E-state index in [1.54, 1.807) is 6.07 Å². The van der Waals surface area contributed by atoms with Gasteiger partial charge in [0.25, 0.3) is 0 Å². The van der Waals surface area contributed by atoms with Crippen molar-refractivity contribution in [2.45, 2.75) is 33.2 Å². The molecule has 0 aliphatic rings. The number of methoxy groups -OCH3 is 1. The number of ketones is 1. The number of Topliss-reactive ketones (excluding diaryl/α,β-unsaturated/α-hetero) is 1. The number of carbonyl (C=O) groups is 2. The molecule has 1 rings (SSSR count). The van der Waals surface area contributed by atoms with Gasteiger partial charge in [-0.25, -0.2) is 0 Å². The molecule has 0 aromatic heterocycles. The topological polar surface area (TPSA) is 75.6 Å². The maximum absolute atomic E-state index is 12.5. The van der Waals surface area contributed by atoms with Crippen LogP contribution in [0, 0.1) is 13.8 Å². The lowest BCUT2D eigenvalue weighted by atomic mass is 9.96. The highest BCUT2D eigenvalue weighted by Gasteiger charge is 2.25. The standard InChI is InChI=1S/C15H21NO4/c1-5-16-12(8-13(17)18)14(19)11-7-9(2)6-10(3)15(11)20-4/h6-7,12,16H,5,8H2,1-4H3,(H,17,18). The molecule has 110 valence electrons. The number of aliphatic carboxylic acids is 1. The molecule has 20 heavy (non-hydrogen) atoms. The van der Waals surface area contributed by atoms with E-state index in [0.717, 1.165) is 11.1 Å². The van der Waals surface area contributed by atoms with Crippen LogP contribution in [-0.2, 0) is 4.79 Å². The molecule has 0 amide bonds. The van der Waals surface area contributed by atoms with Crippen LogP contribution in [0.25, 0.3) is 0 Å². The van der Waals surface area contributed by atoms with E-state index in [1.165, 1.54) is 7.11 Å². The zero-order chi connectivity index (χ0) is 15.3. The largest absolute Gasteiger partial charge is 0.496 e. The zero-order valence-corrected chi connectivity index (χ0v) is 12.3. The van der Waals surface area contributed by atoms with Gasteiger partial charge in [0.15, 0.2) is 5.78 Å². The zero-order valence-electron chi connectivity index (χ0n) is 12.3. The SMILES string of the molecule is CCNC(CC(=O)O)C(=O)c1cc(C)cc(C)c1OC. The number of benzene rings is 1. The molecule has 1 unspecified atom stereocenters. The molecule has 0 aliphatic carbocycles. The van der Waals surface area contributed by atoms with Crippen LogP contribution in [0.5, 0.6) is 5.75 Å². The van der Waals surface area contributed by atoms with E-state index in [0.29, 0.717) is 17.9 Å². The van der Waals surface area contributed by atoms with Gasteiger partial charge in [-0.2, -0.15) is 0 Å². The van der Waals surface area contributed by atoms with Gasteiger partial charge in [-0.3, -0.25) is 9.59 Å². The van der Waals surface area contributed by atoms with Gasteiger partial charge >= 0.3 is 5.97 Å². The van der Waals surface area contributed by atoms with E-state index < -0.39 is 12.0 Å². The van der Waals surface area contributed by atoms with Crippen LogP contribution in [0.2, 0.25) is 0 Å². The Labute approximate surface area is 118 Å². The quantitative estimate of drug-likeness (QED) is 0.746. The highest BCUT2D eigenvalue weighted by molar-refractivity contribution is 6.04. The highest BCUT2D eigenvalue weighted by atomic mass is 16.5. The number of nitrogens with one attached hydrogen (secondary N) is 1. The third-order valence-corrected chi connectivity index (χ3v) is 3.03. The smallest absolute Gasteiger partial charge is 0.305 e. The lowest BCUT2D eigenvalue weighted by Crippen LogP contribution is -2.38. The molecule has 0 bridgehead atoms. The first-order chi connectivity index (χ1) is 9.40. The maximum Gasteiger partial charge on any atom is 0.305 e. The summed E-state index contributed by atoms with van der Waals surface area (Å²) in [5.41, 5.74) is 2.23. The summed E-state index contributed by atoms with van der Waals surface area (Å²) >= 11 is 0. The summed E-state index contributed by atoms with van der Waals surface area (Å²) in [6.07, 6.45) is -0.247. The monoisotopic (exact) mass is 279 g/mol. The average molecular weight is 279 g/mol. The number of carboxylic acid groups (broad SMARTS) is 1. The first kappa shape index (κ1) is 16.2. The minimum absolute atomic E-state index is 0.247. The van der Waals surface area contributed by atoms with Crippen LogP contribution in [0.3, 0.4) is 0 Å². The van der Waals surface area contributed by atoms with Gasteiger partial charge < -0.3 is 15.2 Å². The number of carboxylic acids is 1. The minimum Gasteiger partial charge on any atom is -0.496 e. The Kier molecular flexibility index (Phi) is 5.70. The van der Waals surface area contributed by atoms with Gasteiger partial charge in [-0.15, -0.1) is 0 Å². The molecule has 0 saturated carbocycles. The van der Waals surface area contributed by atoms with Crippen molar-refractivity contribution in [3.8, 4) is 5.75 Å². The molecule has 0 fully saturated rings. The van der Waals surface area contributed by atoms with E-state index in [-0.39, 0.29) is 12.2 Å². The number of hydrogen-bond donors (Lipinski definition) is 2. The normalized spacial score (nSPS) is 12.0. The first-order valence-corrected chi connectivity index (χ1v) is 6.55. The predicted molar refractivity (Wildman–Crippen MR) is 76.5 cm³/mol. The Morgan fingerprint density at radius 1 is 1.35 bits per heavy atom. The van der Waals surface area contributed by atoms with Crippen molar-refractivity contribution in [3.05, 3.63) is 28.8 Å². The summed E-state index contributed by atoms with van der Waals surface area (Å²) in [6, 6.07) is 2.92. The summed E-state index contributed by atoms with van der Waals surface area (Å²) in [7, 11) is 1.51. The predicted octanol–water partition coefficient (Wildman–Crippen LogP) is 1.95. The van der Waals surface area contributed by atoms with E-state index in [9.17, 15) is 9.59 Å². The average Bonchev–Trinajstić information content (AvgIpc) is 2.36. The van der Waals surface area contributed by atoms with E-state index in [4.69, 9.17) is 9.84 Å². The fraction of sp³-hybridized carbons (Fsp3) is 0.467. The highest BCUT2D eigenvalue weighted by Crippen LogP contribution is 2.26. The summed E-state index contributed by atoms with van der Waals surface area (Å²) < 4.78 is 5.29. The molecular formula is C15H21NO4. The molecule has 0 aliphatic heterocycles. The number of carbonyl (C=O) groups excluding carboxylic acids is 1. The van der Waals surface area contributed by atoms with Crippen molar-refractivity contribution in [2.24, 2.45) is 0 Å². The van der Waals surface area contributed by atoms with Crippen molar-refractivity contribution >= 4 is 11.8 Å². The molecule has 1 aromatic rings. The molecule has 5 heteroatoms. The van der Waals surface area contributed by atoms with E-state index in [2.05, 4.69) is 5.32 Å². The van der Waals surface area contributed by atoms with Gasteiger partial charge in [0.2, 0.25) is 0 Å². The molecule has 1 aromatic carbocycles. The van der Waals surface area contributed by atoms with Gasteiger partial charge in [-0.1, -0.05) is 13.0 Å². The van der Waals surface area contributed by atoms with Crippen LogP contribution in [0.15, 0.2) is 12.1 Å². The summed E-state index contributed by atoms with van der Waals surface area (Å²) in [4.78, 5) is 23.4. The summed E-state index contributed by atoms with van der Waals surface area (Å²) in [5, 5.41) is 11.8. The fourth-order valence-electron chi connectivity index (χ4n) is 2.27. The number of ether oxygens (including phenoxy) is 1. The Bertz CT molecular complexity index is 511. The molecule has 0 saturated heterocycles. The number of aryl methyl sites for hydroxylation is 2. The van der Waals surface area contributed by atoms with Crippen molar-refractivity contribution in [1.29, 1.82) is 0 Å². The Morgan fingerprint density at radius 3 is 2.50 bits per heavy atom. The second kappa shape index (κ2) is 7.05. The minimum atomic E-state index is -1.01. The van der Waals surface area contributed by atoms with E-state index in [1.807, 2.05) is 26.8 Å². The van der Waals surface area contributed by atoms with Crippen molar-refractivity contribution in [1.82, 2.24) is 5.32 Å². The summed E-state index contributed by atoms with van der Waals surface area (Å²) in [5.74, 6) is -0.751. The van der Waals surface area contributed by atoms with Crippen LogP contribution in [0.4, 0.5) is 0 Å². The third kappa shape index (κ3) is 3.81. The van der Waals surface area contributed by atoms with Crippen molar-refractivity contribution in [3.63, 3.8) is 0 Å². The maximum atomic E-state index is 12.5. The van der Waals surface area contributed by atoms with Crippen molar-refractivity contribution < 1.29 is 19.4 Å². The lowest BCUT2D eigenvalue weighted by molar-refractivity contribution is -0.137. The molecule has 0 heterocycles. The van der Waals surface area contributed by atoms with Gasteiger partial charge in [0.05, 0.1) is 25.1 Å². The Balaban J connectivity index is 3.19. The number of likely N-dealkylation sites (N-methyl/N-ethyl adjacent to an activating group) is 1. The Morgan fingerprint density at radius 2 is 2.00 bits per heavy atom. The molecule has 2 N–H and O–H groups in total. The molecular weight excluding hydrogens is 258 g/mol. The number of hydrogen-bond acceptors (Lipinski definition) is 4. The van der Waals surface area contributed by atoms with Gasteiger partial charge in [0.1, 0.15) is 5.75 Å². The van der Waals surface area contributed by atoms with Gasteiger partial charge in [-0.05, 0) is 37.6 Å². The van der Waals surface area contributed by atoms with Crippen molar-refractivity contribution in [2.75, 3.05) is 13.7 Å². The van der Waals surface area contributed by atoms with Crippen LogP contribution < -0.4 is 10.1 Å². The molecule has 0 radical (unpaired) electrons. The summed E-state index contributed by atoms with van der Waals surface area (Å²) in [6.45, 7) is 6.11. The lowest BCUT2D eigenvalue weighted by Gasteiger charge is -2.18.